The summed E-state index contributed by atoms with van der Waals surface area (Å²) in [6, 6.07) is 20.3. The predicted octanol–water partition coefficient (Wildman–Crippen LogP) is 6.29. The Kier molecular flexibility index (Phi) is 15.9. The second-order valence-electron chi connectivity index (χ2n) is 12.4. The molecule has 264 valence electrons. The number of phenols is 1. The van der Waals surface area contributed by atoms with Gasteiger partial charge in [-0.2, -0.15) is 0 Å². The van der Waals surface area contributed by atoms with Gasteiger partial charge in [-0.25, -0.2) is 9.59 Å². The van der Waals surface area contributed by atoms with Crippen molar-refractivity contribution in [1.82, 2.24) is 21.3 Å². The first-order valence-corrected chi connectivity index (χ1v) is 17.6. The topological polar surface area (TPSA) is 155 Å². The number of alkyl carbamates (subject to hydrolysis) is 2. The molecule has 0 aliphatic heterocycles. The summed E-state index contributed by atoms with van der Waals surface area (Å²) in [5.41, 5.74) is 1.75. The lowest BCUT2D eigenvalue weighted by Gasteiger charge is -2.25. The van der Waals surface area contributed by atoms with Gasteiger partial charge in [0.1, 0.15) is 30.0 Å². The molecule has 11 nitrogen and oxygen atoms in total. The first-order chi connectivity index (χ1) is 23.3. The maximum atomic E-state index is 13.8. The molecule has 0 aliphatic rings. The molecule has 5 N–H and O–H groups in total. The molecule has 13 heteroatoms. The van der Waals surface area contributed by atoms with Gasteiger partial charge in [0.15, 0.2) is 0 Å². The minimum atomic E-state index is -1.11. The van der Waals surface area contributed by atoms with E-state index in [1.54, 1.807) is 32.9 Å². The fourth-order valence-electron chi connectivity index (χ4n) is 4.71. The highest BCUT2D eigenvalue weighted by atomic mass is 79.9. The standard InChI is InChI=1S/C36H44Br2N4O7/c1-36(2,3)49-35(47)42-30(22-26-20-27(37)31(43)28(38)21-26)33(45)41-29(32(44)39-19-17-24-12-6-4-7-13-24)16-10-11-18-40-34(46)48-23-25-14-8-5-9-15-25/h4-9,12-15,20-21,29-30,43H,10-11,16-19,22-23H2,1-3H3,(H,39,44)(H,40,46)(H,41,45)(H,42,47)/t29-,30+/m0/s1. The van der Waals surface area contributed by atoms with Gasteiger partial charge in [-0.1, -0.05) is 60.7 Å². The van der Waals surface area contributed by atoms with Crippen LogP contribution in [0.1, 0.15) is 56.7 Å². The van der Waals surface area contributed by atoms with Crippen LogP contribution >= 0.6 is 31.9 Å². The van der Waals surface area contributed by atoms with Crippen molar-refractivity contribution in [2.45, 2.75) is 77.2 Å². The molecule has 0 saturated carbocycles. The van der Waals surface area contributed by atoms with Crippen molar-refractivity contribution in [3.63, 3.8) is 0 Å². The number of carbonyl (C=O) groups excluding carboxylic acids is 4. The number of carbonyl (C=O) groups is 4. The van der Waals surface area contributed by atoms with Crippen LogP contribution in [0.3, 0.4) is 0 Å². The number of nitrogens with one attached hydrogen (secondary N) is 4. The van der Waals surface area contributed by atoms with Gasteiger partial charge in [-0.05, 0) is 107 Å². The Hall–Kier alpha value is -4.10. The summed E-state index contributed by atoms with van der Waals surface area (Å²) < 4.78 is 11.5. The fraction of sp³-hybridized carbons (Fsp3) is 0.389. The molecular weight excluding hydrogens is 760 g/mol. The van der Waals surface area contributed by atoms with Gasteiger partial charge in [-0.15, -0.1) is 0 Å². The quantitative estimate of drug-likeness (QED) is 0.107. The molecule has 0 aliphatic carbocycles. The summed E-state index contributed by atoms with van der Waals surface area (Å²) in [7, 11) is 0. The van der Waals surface area contributed by atoms with E-state index in [2.05, 4.69) is 53.1 Å². The van der Waals surface area contributed by atoms with Gasteiger partial charge in [0.05, 0.1) is 8.95 Å². The third-order valence-corrected chi connectivity index (χ3v) is 8.32. The van der Waals surface area contributed by atoms with Crippen molar-refractivity contribution in [1.29, 1.82) is 0 Å². The van der Waals surface area contributed by atoms with E-state index in [4.69, 9.17) is 9.47 Å². The number of halogens is 2. The van der Waals surface area contributed by atoms with E-state index in [1.165, 1.54) is 0 Å². The Morgan fingerprint density at radius 1 is 0.735 bits per heavy atom. The zero-order chi connectivity index (χ0) is 35.8. The second-order valence-corrected chi connectivity index (χ2v) is 14.1. The highest BCUT2D eigenvalue weighted by molar-refractivity contribution is 9.11. The first kappa shape index (κ1) is 39.3. The second kappa shape index (κ2) is 19.8. The van der Waals surface area contributed by atoms with Crippen molar-refractivity contribution >= 4 is 55.9 Å². The third kappa shape index (κ3) is 14.9. The highest BCUT2D eigenvalue weighted by Crippen LogP contribution is 2.33. The Labute approximate surface area is 304 Å². The molecule has 49 heavy (non-hydrogen) atoms. The summed E-state index contributed by atoms with van der Waals surface area (Å²) in [6.07, 6.45) is 0.612. The number of amides is 4. The third-order valence-electron chi connectivity index (χ3n) is 7.11. The Morgan fingerprint density at radius 2 is 1.35 bits per heavy atom. The lowest BCUT2D eigenvalue weighted by atomic mass is 10.0. The Bertz CT molecular complexity index is 1510. The van der Waals surface area contributed by atoms with E-state index < -0.39 is 35.8 Å². The molecular formula is C36H44Br2N4O7. The van der Waals surface area contributed by atoms with Crippen LogP contribution < -0.4 is 21.3 Å². The van der Waals surface area contributed by atoms with Gasteiger partial charge < -0.3 is 35.8 Å². The maximum absolute atomic E-state index is 13.8. The maximum Gasteiger partial charge on any atom is 0.408 e. The van der Waals surface area contributed by atoms with Crippen LogP contribution in [-0.2, 0) is 38.5 Å². The zero-order valence-electron chi connectivity index (χ0n) is 27.9. The van der Waals surface area contributed by atoms with Crippen molar-refractivity contribution in [3.05, 3.63) is 98.4 Å². The van der Waals surface area contributed by atoms with E-state index >= 15 is 0 Å². The SMILES string of the molecule is CC(C)(C)OC(=O)N[C@H](Cc1cc(Br)c(O)c(Br)c1)C(=O)N[C@@H](CCCCNC(=O)OCc1ccccc1)C(=O)NCCc1ccccc1. The van der Waals surface area contributed by atoms with Gasteiger partial charge >= 0.3 is 12.2 Å². The van der Waals surface area contributed by atoms with Crippen LogP contribution in [0.25, 0.3) is 0 Å². The molecule has 3 aromatic rings. The van der Waals surface area contributed by atoms with Gasteiger partial charge in [0.2, 0.25) is 11.8 Å². The van der Waals surface area contributed by atoms with Gasteiger partial charge in [-0.3, -0.25) is 9.59 Å². The lowest BCUT2D eigenvalue weighted by Crippen LogP contribution is -2.55. The monoisotopic (exact) mass is 802 g/mol. The minimum absolute atomic E-state index is 0.00367. The molecule has 0 spiro atoms. The average molecular weight is 805 g/mol. The number of unbranched alkanes of at least 4 members (excludes halogenated alkanes) is 1. The summed E-state index contributed by atoms with van der Waals surface area (Å²) in [6.45, 7) is 5.97. The molecule has 0 fully saturated rings. The predicted molar refractivity (Wildman–Crippen MR) is 194 cm³/mol. The van der Waals surface area contributed by atoms with Crippen molar-refractivity contribution in [3.8, 4) is 5.75 Å². The molecule has 0 unspecified atom stereocenters. The molecule has 0 heterocycles. The van der Waals surface area contributed by atoms with E-state index in [-0.39, 0.29) is 31.1 Å². The summed E-state index contributed by atoms with van der Waals surface area (Å²) in [5.74, 6) is -0.960. The van der Waals surface area contributed by atoms with Crippen molar-refractivity contribution in [2.24, 2.45) is 0 Å². The largest absolute Gasteiger partial charge is 0.506 e. The number of rotatable bonds is 16. The summed E-state index contributed by atoms with van der Waals surface area (Å²) in [5, 5.41) is 21.2. The van der Waals surface area contributed by atoms with Crippen LogP contribution in [0.15, 0.2) is 81.7 Å². The Morgan fingerprint density at radius 3 is 1.96 bits per heavy atom. The van der Waals surface area contributed by atoms with Gasteiger partial charge in [0.25, 0.3) is 0 Å². The van der Waals surface area contributed by atoms with E-state index in [0.29, 0.717) is 46.9 Å². The van der Waals surface area contributed by atoms with Crippen LogP contribution in [0.4, 0.5) is 9.59 Å². The molecule has 0 saturated heterocycles. The molecule has 2 atom stereocenters. The normalized spacial score (nSPS) is 12.3. The molecule has 3 aromatic carbocycles. The lowest BCUT2D eigenvalue weighted by molar-refractivity contribution is -0.130. The molecule has 0 aromatic heterocycles. The summed E-state index contributed by atoms with van der Waals surface area (Å²) >= 11 is 6.61. The van der Waals surface area contributed by atoms with Crippen LogP contribution in [0.5, 0.6) is 5.75 Å². The number of phenolic OH excluding ortho intramolecular Hbond substituents is 1. The van der Waals surface area contributed by atoms with Gasteiger partial charge in [0, 0.05) is 19.5 Å². The molecule has 0 radical (unpaired) electrons. The number of benzene rings is 3. The minimum Gasteiger partial charge on any atom is -0.506 e. The van der Waals surface area contributed by atoms with Crippen LogP contribution in [0.2, 0.25) is 0 Å². The molecule has 3 rings (SSSR count). The number of hydrogen-bond acceptors (Lipinski definition) is 7. The fourth-order valence-corrected chi connectivity index (χ4v) is 5.99. The molecule has 0 bridgehead atoms. The number of aromatic hydroxyl groups is 1. The number of ether oxygens (including phenoxy) is 2. The first-order valence-electron chi connectivity index (χ1n) is 16.0. The van der Waals surface area contributed by atoms with E-state index in [1.807, 2.05) is 60.7 Å². The number of hydrogen-bond donors (Lipinski definition) is 5. The smallest absolute Gasteiger partial charge is 0.408 e. The Balaban J connectivity index is 1.66. The zero-order valence-corrected chi connectivity index (χ0v) is 31.1. The van der Waals surface area contributed by atoms with Crippen LogP contribution in [-0.4, -0.2) is 59.9 Å². The average Bonchev–Trinajstić information content (AvgIpc) is 3.05. The van der Waals surface area contributed by atoms with Crippen molar-refractivity contribution < 1.29 is 33.8 Å². The summed E-state index contributed by atoms with van der Waals surface area (Å²) in [4.78, 5) is 52.1. The van der Waals surface area contributed by atoms with E-state index in [0.717, 1.165) is 11.1 Å². The highest BCUT2D eigenvalue weighted by Gasteiger charge is 2.29. The van der Waals surface area contributed by atoms with Crippen molar-refractivity contribution in [2.75, 3.05) is 13.1 Å². The van der Waals surface area contributed by atoms with Crippen LogP contribution in [0, 0.1) is 0 Å². The van der Waals surface area contributed by atoms with E-state index in [9.17, 15) is 24.3 Å². The molecule has 4 amide bonds.